The normalized spacial score (nSPS) is 13.8. The number of nitrogens with zero attached hydrogens (tertiary/aromatic N) is 2. The number of nitro benzene ring substituents is 1. The van der Waals surface area contributed by atoms with E-state index in [0.29, 0.717) is 44.8 Å². The van der Waals surface area contributed by atoms with E-state index in [-0.39, 0.29) is 29.7 Å². The minimum absolute atomic E-state index is 0.0130. The average molecular weight is 565 g/mol. The van der Waals surface area contributed by atoms with Gasteiger partial charge in [0.25, 0.3) is 5.69 Å². The van der Waals surface area contributed by atoms with Crippen LogP contribution >= 0.6 is 15.9 Å². The van der Waals surface area contributed by atoms with Gasteiger partial charge in [0.15, 0.2) is 29.6 Å². The lowest BCUT2D eigenvalue weighted by atomic mass is 10.1. The molecule has 1 aliphatic rings. The van der Waals surface area contributed by atoms with Crippen molar-refractivity contribution in [3.05, 3.63) is 103 Å². The van der Waals surface area contributed by atoms with Crippen LogP contribution in [0, 0.1) is 17.0 Å². The molecule has 3 aromatic rings. The lowest BCUT2D eigenvalue weighted by Crippen LogP contribution is -2.12. The van der Waals surface area contributed by atoms with Gasteiger partial charge in [-0.15, -0.1) is 0 Å². The molecule has 10 heteroatoms. The summed E-state index contributed by atoms with van der Waals surface area (Å²) < 4.78 is 17.3. The van der Waals surface area contributed by atoms with Gasteiger partial charge in [-0.3, -0.25) is 14.9 Å². The molecule has 0 N–H and O–H groups in total. The third-order valence-corrected chi connectivity index (χ3v) is 6.02. The minimum Gasteiger partial charge on any atom is -0.490 e. The lowest BCUT2D eigenvalue weighted by Gasteiger charge is -2.14. The van der Waals surface area contributed by atoms with Crippen molar-refractivity contribution >= 4 is 45.3 Å². The number of esters is 1. The number of ketones is 1. The summed E-state index contributed by atoms with van der Waals surface area (Å²) >= 11 is 3.46. The van der Waals surface area contributed by atoms with Crippen molar-refractivity contribution in [1.29, 1.82) is 0 Å². The Balaban J connectivity index is 1.62. The molecule has 0 unspecified atom stereocenters. The van der Waals surface area contributed by atoms with E-state index in [9.17, 15) is 19.7 Å². The molecular weight excluding hydrogens is 544 g/mol. The fourth-order valence-electron chi connectivity index (χ4n) is 3.65. The van der Waals surface area contributed by atoms with E-state index in [1.165, 1.54) is 18.2 Å². The third-order valence-electron chi connectivity index (χ3n) is 5.43. The van der Waals surface area contributed by atoms with Gasteiger partial charge >= 0.3 is 5.97 Å². The predicted octanol–water partition coefficient (Wildman–Crippen LogP) is 5.67. The molecule has 0 bridgehead atoms. The highest BCUT2D eigenvalue weighted by Gasteiger charge is 2.27. The number of hydrogen-bond donors (Lipinski definition) is 0. The highest BCUT2D eigenvalue weighted by atomic mass is 79.9. The van der Waals surface area contributed by atoms with Crippen LogP contribution in [0.1, 0.15) is 34.0 Å². The van der Waals surface area contributed by atoms with Crippen molar-refractivity contribution in [2.75, 3.05) is 13.2 Å². The van der Waals surface area contributed by atoms with E-state index in [0.717, 1.165) is 0 Å². The smallest absolute Gasteiger partial charge is 0.363 e. The van der Waals surface area contributed by atoms with E-state index in [4.69, 9.17) is 14.2 Å². The SMILES string of the molecule is CCOc1cc(/C=C2\N=C(c3cccc([N+](=O)[O-])c3C)OC2=O)cc(Br)c1OCC(=O)c1ccccc1. The van der Waals surface area contributed by atoms with Gasteiger partial charge in [0.1, 0.15) is 0 Å². The van der Waals surface area contributed by atoms with Crippen LogP contribution in [0.5, 0.6) is 11.5 Å². The molecule has 0 spiro atoms. The van der Waals surface area contributed by atoms with Crippen LogP contribution in [0.25, 0.3) is 6.08 Å². The van der Waals surface area contributed by atoms with Crippen molar-refractivity contribution in [2.24, 2.45) is 4.99 Å². The van der Waals surface area contributed by atoms with Crippen LogP contribution < -0.4 is 9.47 Å². The van der Waals surface area contributed by atoms with Gasteiger partial charge in [0, 0.05) is 22.8 Å². The number of ether oxygens (including phenoxy) is 3. The fourth-order valence-corrected chi connectivity index (χ4v) is 4.23. The maximum absolute atomic E-state index is 12.5. The van der Waals surface area contributed by atoms with E-state index >= 15 is 0 Å². The van der Waals surface area contributed by atoms with E-state index in [1.807, 2.05) is 13.0 Å². The van der Waals surface area contributed by atoms with E-state index in [1.54, 1.807) is 49.4 Å². The number of halogens is 1. The Morgan fingerprint density at radius 2 is 1.89 bits per heavy atom. The van der Waals surface area contributed by atoms with Crippen molar-refractivity contribution in [1.82, 2.24) is 0 Å². The largest absolute Gasteiger partial charge is 0.490 e. The van der Waals surface area contributed by atoms with Gasteiger partial charge in [0.2, 0.25) is 5.90 Å². The molecule has 1 aliphatic heterocycles. The van der Waals surface area contributed by atoms with Crippen LogP contribution in [-0.2, 0) is 9.53 Å². The minimum atomic E-state index is -0.691. The number of carbonyl (C=O) groups is 2. The number of aliphatic imine (C=N–C) groups is 1. The van der Waals surface area contributed by atoms with Gasteiger partial charge in [-0.25, -0.2) is 9.79 Å². The Hall–Kier alpha value is -4.31. The quantitative estimate of drug-likeness (QED) is 0.108. The molecule has 0 radical (unpaired) electrons. The molecule has 1 heterocycles. The number of cyclic esters (lactones) is 1. The Morgan fingerprint density at radius 3 is 2.59 bits per heavy atom. The first-order chi connectivity index (χ1) is 17.8. The fraction of sp³-hybridized carbons (Fsp3) is 0.148. The summed E-state index contributed by atoms with van der Waals surface area (Å²) in [6, 6.07) is 16.6. The maximum Gasteiger partial charge on any atom is 0.363 e. The van der Waals surface area contributed by atoms with Crippen LogP contribution in [0.3, 0.4) is 0 Å². The molecule has 0 atom stereocenters. The number of hydrogen-bond acceptors (Lipinski definition) is 8. The van der Waals surface area contributed by atoms with Gasteiger partial charge in [-0.2, -0.15) is 0 Å². The molecule has 0 fully saturated rings. The summed E-state index contributed by atoms with van der Waals surface area (Å²) in [6.07, 6.45) is 1.51. The number of carbonyl (C=O) groups excluding carboxylic acids is 2. The van der Waals surface area contributed by atoms with Crippen LogP contribution in [0.15, 0.2) is 75.8 Å². The van der Waals surface area contributed by atoms with Crippen molar-refractivity contribution in [3.8, 4) is 11.5 Å². The summed E-state index contributed by atoms with van der Waals surface area (Å²) in [5.41, 5.74) is 1.71. The van der Waals surface area contributed by atoms with E-state index in [2.05, 4.69) is 20.9 Å². The first-order valence-electron chi connectivity index (χ1n) is 11.2. The topological polar surface area (TPSA) is 117 Å². The number of benzene rings is 3. The lowest BCUT2D eigenvalue weighted by molar-refractivity contribution is -0.385. The summed E-state index contributed by atoms with van der Waals surface area (Å²) in [4.78, 5) is 40.0. The maximum atomic E-state index is 12.5. The molecule has 0 saturated heterocycles. The second kappa shape index (κ2) is 11.2. The summed E-state index contributed by atoms with van der Waals surface area (Å²) in [5, 5.41) is 11.3. The number of nitro groups is 1. The third kappa shape index (κ3) is 5.75. The van der Waals surface area contributed by atoms with Crippen molar-refractivity contribution < 1.29 is 28.7 Å². The van der Waals surface area contributed by atoms with Crippen molar-refractivity contribution in [2.45, 2.75) is 13.8 Å². The van der Waals surface area contributed by atoms with Crippen LogP contribution in [-0.4, -0.2) is 35.8 Å². The first-order valence-corrected chi connectivity index (χ1v) is 12.0. The summed E-state index contributed by atoms with van der Waals surface area (Å²) in [7, 11) is 0. The summed E-state index contributed by atoms with van der Waals surface area (Å²) in [5.74, 6) is -0.175. The van der Waals surface area contributed by atoms with Crippen LogP contribution in [0.2, 0.25) is 0 Å². The molecular formula is C27H21BrN2O7. The standard InChI is InChI=1S/C27H21BrN2O7/c1-3-35-24-14-17(12-20(28)25(24)36-15-23(31)18-8-5-4-6-9-18)13-21-27(32)37-26(29-21)19-10-7-11-22(16(19)2)30(33)34/h4-14H,3,15H2,1-2H3/b21-13-. The molecule has 0 saturated carbocycles. The second-order valence-corrected chi connectivity index (χ2v) is 8.74. The van der Waals surface area contributed by atoms with Gasteiger partial charge in [-0.1, -0.05) is 36.4 Å². The molecule has 3 aromatic carbocycles. The van der Waals surface area contributed by atoms with E-state index < -0.39 is 10.9 Å². The number of rotatable bonds is 9. The molecule has 37 heavy (non-hydrogen) atoms. The molecule has 0 amide bonds. The monoisotopic (exact) mass is 564 g/mol. The van der Waals surface area contributed by atoms with Gasteiger partial charge in [-0.05, 0) is 59.6 Å². The molecule has 4 rings (SSSR count). The molecule has 0 aromatic heterocycles. The zero-order chi connectivity index (χ0) is 26.5. The second-order valence-electron chi connectivity index (χ2n) is 7.88. The highest BCUT2D eigenvalue weighted by Crippen LogP contribution is 2.38. The molecule has 0 aliphatic carbocycles. The summed E-state index contributed by atoms with van der Waals surface area (Å²) in [6.45, 7) is 3.53. The van der Waals surface area contributed by atoms with Crippen molar-refractivity contribution in [3.63, 3.8) is 0 Å². The number of Topliss-reactive ketones (excluding diaryl/α,β-unsaturated/α-hetero) is 1. The zero-order valence-corrected chi connectivity index (χ0v) is 21.5. The highest BCUT2D eigenvalue weighted by molar-refractivity contribution is 9.10. The molecule has 9 nitrogen and oxygen atoms in total. The Kier molecular flexibility index (Phi) is 7.78. The predicted molar refractivity (Wildman–Crippen MR) is 140 cm³/mol. The molecule has 188 valence electrons. The van der Waals surface area contributed by atoms with Crippen LogP contribution in [0.4, 0.5) is 5.69 Å². The Bertz CT molecular complexity index is 1450. The Morgan fingerprint density at radius 1 is 1.14 bits per heavy atom. The van der Waals surface area contributed by atoms with Gasteiger partial charge in [0.05, 0.1) is 16.0 Å². The first kappa shape index (κ1) is 25.8. The average Bonchev–Trinajstić information content (AvgIpc) is 3.23. The zero-order valence-electron chi connectivity index (χ0n) is 19.9. The Labute approximate surface area is 220 Å². The van der Waals surface area contributed by atoms with Gasteiger partial charge < -0.3 is 14.2 Å².